The molecule has 26 nitrogen and oxygen atoms in total. The first-order valence-corrected chi connectivity index (χ1v) is 30.0. The summed E-state index contributed by atoms with van der Waals surface area (Å²) in [6.45, 7) is 1.53. The van der Waals surface area contributed by atoms with Crippen LogP contribution in [0.5, 0.6) is 0 Å². The molecule has 8 rings (SSSR count). The first-order chi connectivity index (χ1) is 38.0. The Morgan fingerprint density at radius 2 is 1.65 bits per heavy atom. The van der Waals surface area contributed by atoms with E-state index in [1.165, 1.54) is 19.1 Å². The number of carbonyl (C=O) groups excluding carboxylic acids is 5. The molecule has 4 aromatic heterocycles. The van der Waals surface area contributed by atoms with Crippen LogP contribution < -0.4 is 16.6 Å². The van der Waals surface area contributed by atoms with Crippen LogP contribution in [0, 0.1) is 17.7 Å². The number of nitrogens with two attached hydrogens (primary N) is 1. The van der Waals surface area contributed by atoms with Crippen LogP contribution in [0.25, 0.3) is 22.2 Å². The van der Waals surface area contributed by atoms with E-state index in [9.17, 15) is 52.3 Å². The van der Waals surface area contributed by atoms with Gasteiger partial charge in [-0.15, -0.1) is 0 Å². The number of hydrogen-bond acceptors (Lipinski definition) is 21. The van der Waals surface area contributed by atoms with E-state index in [-0.39, 0.29) is 83.5 Å². The Balaban J connectivity index is 0.875. The Morgan fingerprint density at radius 3 is 2.35 bits per heavy atom. The summed E-state index contributed by atoms with van der Waals surface area (Å²) in [7, 11) is -4.26. The molecule has 0 spiro atoms. The van der Waals surface area contributed by atoms with E-state index in [2.05, 4.69) is 30.2 Å². The number of alkyl halides is 1. The molecule has 1 aromatic carbocycles. The molecule has 432 valence electrons. The summed E-state index contributed by atoms with van der Waals surface area (Å²) in [6, 6.07) is 5.74. The summed E-state index contributed by atoms with van der Waals surface area (Å²) in [5.74, 6) is -3.52. The average Bonchev–Trinajstić information content (AvgIpc) is 4.23. The van der Waals surface area contributed by atoms with Crippen molar-refractivity contribution in [2.24, 2.45) is 11.8 Å². The van der Waals surface area contributed by atoms with Gasteiger partial charge in [-0.2, -0.15) is 0 Å². The van der Waals surface area contributed by atoms with E-state index in [0.29, 0.717) is 41.8 Å². The molecule has 12 atom stereocenters. The number of hydrogen-bond donors (Lipinski definition) is 5. The van der Waals surface area contributed by atoms with Gasteiger partial charge < -0.3 is 44.6 Å². The van der Waals surface area contributed by atoms with Crippen molar-refractivity contribution in [3.05, 3.63) is 88.9 Å². The van der Waals surface area contributed by atoms with E-state index < -0.39 is 105 Å². The van der Waals surface area contributed by atoms with Gasteiger partial charge in [0, 0.05) is 62.9 Å². The maximum Gasteiger partial charge on any atom is 0.472 e. The molecule has 7 heterocycles. The fraction of sp³-hybridized carbons (Fsp3) is 0.510. The van der Waals surface area contributed by atoms with Gasteiger partial charge in [-0.05, 0) is 55.1 Å². The first kappa shape index (κ1) is 60.1. The summed E-state index contributed by atoms with van der Waals surface area (Å²) in [5, 5.41) is 13.3. The molecular weight excluding hydrogens is 1120 g/mol. The molecule has 3 amide bonds. The van der Waals surface area contributed by atoms with Crippen LogP contribution in [0.1, 0.15) is 83.4 Å². The Hall–Kier alpha value is -5.97. The number of ketones is 2. The molecule has 80 heavy (non-hydrogen) atoms. The Bertz CT molecular complexity index is 3290. The number of imidazole rings is 1. The van der Waals surface area contributed by atoms with Crippen molar-refractivity contribution < 1.29 is 79.5 Å². The summed E-state index contributed by atoms with van der Waals surface area (Å²) >= 11 is 0.670. The minimum absolute atomic E-state index is 0.0125. The largest absolute Gasteiger partial charge is 0.472 e. The number of phosphoric ester groups is 1. The quantitative estimate of drug-likeness (QED) is 0.0270. The summed E-state index contributed by atoms with van der Waals surface area (Å²) in [6.07, 6.45) is -4.88. The van der Waals surface area contributed by atoms with Gasteiger partial charge in [-0.25, -0.2) is 37.8 Å². The zero-order valence-corrected chi connectivity index (χ0v) is 46.5. The number of anilines is 1. The molecule has 3 aliphatic rings. The van der Waals surface area contributed by atoms with Crippen molar-refractivity contribution in [1.29, 1.82) is 0 Å². The number of amides is 3. The zero-order valence-electron chi connectivity index (χ0n) is 43.9. The SMILES string of the molecule is COP(=O)(O[C@H]1[C@@H](F)[C@H](n2cnc3c(N)ncnc32)O[C@@H]1COP(=O)(O)O[C@@H]1[C@H](O)[C@@H](C)O[C@H]1n1cc(F)c2c(=O)[nH]cnc21)SCc1ccc(CC(=O)[C@H](C)NC(=O)[C@@H](CC(=O)CCCCCN2C(=O)C=CC2=O)C(C)C)cc1. The van der Waals surface area contributed by atoms with Crippen LogP contribution in [0.3, 0.4) is 0 Å². The summed E-state index contributed by atoms with van der Waals surface area (Å²) < 4.78 is 95.9. The summed E-state index contributed by atoms with van der Waals surface area (Å²) in [4.78, 5) is 106. The van der Waals surface area contributed by atoms with Crippen LogP contribution in [-0.2, 0) is 72.8 Å². The van der Waals surface area contributed by atoms with Crippen LogP contribution in [0.2, 0.25) is 0 Å². The van der Waals surface area contributed by atoms with Gasteiger partial charge in [0.05, 0.1) is 31.4 Å². The maximum atomic E-state index is 16.9. The van der Waals surface area contributed by atoms with Crippen molar-refractivity contribution in [3.63, 3.8) is 0 Å². The predicted molar refractivity (Wildman–Crippen MR) is 281 cm³/mol. The number of aliphatic hydroxyl groups excluding tert-OH is 1. The number of nitrogens with zero attached hydrogens (tertiary/aromatic N) is 7. The molecule has 5 aromatic rings. The normalized spacial score (nSPS) is 24.4. The second-order valence-electron chi connectivity index (χ2n) is 19.7. The fourth-order valence-electron chi connectivity index (χ4n) is 9.32. The van der Waals surface area contributed by atoms with Gasteiger partial charge in [0.15, 0.2) is 47.3 Å². The number of phosphoric acid groups is 1. The van der Waals surface area contributed by atoms with Crippen LogP contribution >= 0.6 is 26.0 Å². The lowest BCUT2D eigenvalue weighted by Gasteiger charge is -2.26. The van der Waals surface area contributed by atoms with Crippen molar-refractivity contribution in [2.75, 3.05) is 26.0 Å². The number of benzene rings is 1. The average molecular weight is 1180 g/mol. The second kappa shape index (κ2) is 25.4. The highest BCUT2D eigenvalue weighted by Crippen LogP contribution is 2.63. The van der Waals surface area contributed by atoms with E-state index in [0.717, 1.165) is 46.3 Å². The number of H-pyrrole nitrogens is 1. The topological polar surface area (TPSA) is 351 Å². The van der Waals surface area contributed by atoms with Gasteiger partial charge >= 0.3 is 14.6 Å². The first-order valence-electron chi connectivity index (χ1n) is 25.4. The van der Waals surface area contributed by atoms with E-state index >= 15 is 4.39 Å². The van der Waals surface area contributed by atoms with Gasteiger partial charge in [-0.3, -0.25) is 51.8 Å². The van der Waals surface area contributed by atoms with E-state index in [1.54, 1.807) is 31.2 Å². The van der Waals surface area contributed by atoms with Gasteiger partial charge in [0.1, 0.15) is 47.4 Å². The predicted octanol–water partition coefficient (Wildman–Crippen LogP) is 4.71. The molecule has 0 bridgehead atoms. The number of imide groups is 1. The number of aromatic nitrogens is 7. The van der Waals surface area contributed by atoms with Crippen molar-refractivity contribution in [1.82, 2.24) is 44.3 Å². The zero-order chi connectivity index (χ0) is 57.8. The third-order valence-corrected chi connectivity index (χ3v) is 18.6. The lowest BCUT2D eigenvalue weighted by Crippen LogP contribution is -2.44. The number of unbranched alkanes of at least 4 members (excludes halogenated alkanes) is 2. The van der Waals surface area contributed by atoms with Crippen molar-refractivity contribution in [3.8, 4) is 0 Å². The number of nitrogen functional groups attached to an aromatic ring is 1. The highest BCUT2D eigenvalue weighted by Gasteiger charge is 2.53. The highest BCUT2D eigenvalue weighted by molar-refractivity contribution is 8.54. The molecule has 0 saturated carbocycles. The smallest absolute Gasteiger partial charge is 0.387 e. The molecule has 31 heteroatoms. The van der Waals surface area contributed by atoms with Crippen LogP contribution in [-0.4, -0.2) is 141 Å². The molecule has 2 saturated heterocycles. The lowest BCUT2D eigenvalue weighted by molar-refractivity contribution is -0.137. The minimum atomic E-state index is -5.33. The fourth-order valence-corrected chi connectivity index (χ4v) is 13.3. The third kappa shape index (κ3) is 13.7. The Kier molecular flexibility index (Phi) is 19.1. The molecule has 6 N–H and O–H groups in total. The molecule has 2 unspecified atom stereocenters. The van der Waals surface area contributed by atoms with Gasteiger partial charge in [0.25, 0.3) is 17.4 Å². The molecule has 0 radical (unpaired) electrons. The number of ether oxygens (including phenoxy) is 2. The van der Waals surface area contributed by atoms with E-state index in [4.69, 9.17) is 33.3 Å². The lowest BCUT2D eigenvalue weighted by atomic mass is 9.88. The number of aromatic amines is 1. The number of aliphatic hydroxyl groups is 1. The number of Topliss-reactive ketones (excluding diaryl/α,β-unsaturated/α-hetero) is 2. The second-order valence-corrected chi connectivity index (χ2v) is 25.2. The highest BCUT2D eigenvalue weighted by atomic mass is 32.7. The van der Waals surface area contributed by atoms with Crippen molar-refractivity contribution in [2.45, 2.75) is 127 Å². The molecule has 3 aliphatic heterocycles. The molecular formula is C49H60F2N10O16P2S. The number of fused-ring (bicyclic) bond motifs is 2. The number of carbonyl (C=O) groups is 5. The van der Waals surface area contributed by atoms with E-state index in [1.807, 2.05) is 13.8 Å². The third-order valence-electron chi connectivity index (χ3n) is 13.8. The van der Waals surface area contributed by atoms with Gasteiger partial charge in [0.2, 0.25) is 5.91 Å². The number of halogens is 2. The van der Waals surface area contributed by atoms with Crippen LogP contribution in [0.4, 0.5) is 14.6 Å². The Labute approximate surface area is 459 Å². The standard InChI is InChI=1S/C49H60F2N10O16P2S/c1-25(2)31(18-30(62)9-7-6-8-16-59-35(64)14-15-36(59)65)46(67)58-26(3)33(63)17-28-10-12-29(13-11-28)21-80-79(71,72-5)77-41-34(75-48(38(41)51)61-24-57-39-43(52)53-22-55-45(39)61)20-73-78(69,70)76-42-40(66)27(4)74-49(42)60-19-32(50)37-44(60)54-23-56-47(37)68/h10-15,19,22-27,31,34,38,40-42,48-49,66H,6-9,16-18,20-21H2,1-5H3,(H,58,67)(H,69,70)(H2,52,53,55)(H,54,56,68)/t26-,27+,31-,34+,38+,40+,41+,42+,48+,49+,79?/m0/s1. The monoisotopic (exact) mass is 1180 g/mol. The maximum absolute atomic E-state index is 16.9. The molecule has 0 aliphatic carbocycles. The molecule has 2 fully saturated rings. The number of rotatable bonds is 27. The van der Waals surface area contributed by atoms with Crippen LogP contribution in [0.15, 0.2) is 66.4 Å². The van der Waals surface area contributed by atoms with Gasteiger partial charge in [-0.1, -0.05) is 44.5 Å². The number of nitrogens with one attached hydrogen (secondary N) is 2. The minimum Gasteiger partial charge on any atom is -0.387 e. The van der Waals surface area contributed by atoms with Crippen molar-refractivity contribution >= 4 is 83.3 Å². The summed E-state index contributed by atoms with van der Waals surface area (Å²) in [5.41, 5.74) is 6.21. The Morgan fingerprint density at radius 1 is 0.938 bits per heavy atom.